The molecule has 1 amide bonds. The number of nitriles is 1. The van der Waals surface area contributed by atoms with Gasteiger partial charge in [-0.2, -0.15) is 5.26 Å². The Bertz CT molecular complexity index is 1060. The number of amides is 1. The first-order chi connectivity index (χ1) is 14.8. The van der Waals surface area contributed by atoms with Crippen LogP contribution >= 0.6 is 0 Å². The van der Waals surface area contributed by atoms with Crippen LogP contribution in [-0.2, 0) is 20.9 Å². The molecule has 2 aromatic rings. The normalized spacial score (nSPS) is 16.5. The Labute approximate surface area is 183 Å². The van der Waals surface area contributed by atoms with Crippen LogP contribution in [0.2, 0.25) is 0 Å². The van der Waals surface area contributed by atoms with E-state index in [2.05, 4.69) is 6.07 Å². The molecule has 160 valence electrons. The molecule has 2 aromatic carbocycles. The van der Waals surface area contributed by atoms with Gasteiger partial charge < -0.3 is 9.64 Å². The van der Waals surface area contributed by atoms with Crippen molar-refractivity contribution in [1.29, 1.82) is 5.26 Å². The molecular formula is C26H28N2O3. The summed E-state index contributed by atoms with van der Waals surface area (Å²) in [6.45, 7) is 8.42. The van der Waals surface area contributed by atoms with E-state index >= 15 is 0 Å². The highest BCUT2D eigenvalue weighted by molar-refractivity contribution is 5.96. The van der Waals surface area contributed by atoms with Crippen molar-refractivity contribution in [2.45, 2.75) is 46.6 Å². The van der Waals surface area contributed by atoms with Gasteiger partial charge in [-0.1, -0.05) is 50.2 Å². The molecule has 0 aromatic heterocycles. The van der Waals surface area contributed by atoms with Crippen molar-refractivity contribution in [3.63, 3.8) is 0 Å². The highest BCUT2D eigenvalue weighted by Gasteiger charge is 2.37. The molecule has 3 rings (SSSR count). The van der Waals surface area contributed by atoms with Gasteiger partial charge in [0.2, 0.25) is 5.91 Å². The second-order valence-corrected chi connectivity index (χ2v) is 8.40. The van der Waals surface area contributed by atoms with Crippen LogP contribution in [0, 0.1) is 24.2 Å². The summed E-state index contributed by atoms with van der Waals surface area (Å²) >= 11 is 0. The van der Waals surface area contributed by atoms with E-state index in [0.29, 0.717) is 30.0 Å². The summed E-state index contributed by atoms with van der Waals surface area (Å²) in [5, 5.41) is 9.18. The smallest absolute Gasteiger partial charge is 0.336 e. The van der Waals surface area contributed by atoms with Crippen molar-refractivity contribution in [2.24, 2.45) is 5.92 Å². The van der Waals surface area contributed by atoms with Gasteiger partial charge in [-0.25, -0.2) is 4.79 Å². The predicted octanol–water partition coefficient (Wildman–Crippen LogP) is 4.86. The lowest BCUT2D eigenvalue weighted by Crippen LogP contribution is -2.38. The molecule has 1 heterocycles. The summed E-state index contributed by atoms with van der Waals surface area (Å²) in [4.78, 5) is 28.0. The Morgan fingerprint density at radius 2 is 1.94 bits per heavy atom. The van der Waals surface area contributed by atoms with Crippen LogP contribution < -0.4 is 0 Å². The maximum atomic E-state index is 13.2. The van der Waals surface area contributed by atoms with E-state index in [4.69, 9.17) is 4.74 Å². The largest absolute Gasteiger partial charge is 0.462 e. The fraction of sp³-hybridized carbons (Fsp3) is 0.346. The van der Waals surface area contributed by atoms with Crippen LogP contribution in [0.15, 0.2) is 59.8 Å². The number of carbonyl (C=O) groups is 2. The average molecular weight is 417 g/mol. The number of hydrogen-bond acceptors (Lipinski definition) is 4. The van der Waals surface area contributed by atoms with E-state index in [-0.39, 0.29) is 30.1 Å². The maximum absolute atomic E-state index is 13.2. The summed E-state index contributed by atoms with van der Waals surface area (Å²) < 4.78 is 5.60. The van der Waals surface area contributed by atoms with Crippen LogP contribution in [0.1, 0.15) is 55.4 Å². The van der Waals surface area contributed by atoms with E-state index in [9.17, 15) is 14.9 Å². The fourth-order valence-electron chi connectivity index (χ4n) is 3.95. The predicted molar refractivity (Wildman–Crippen MR) is 119 cm³/mol. The topological polar surface area (TPSA) is 70.4 Å². The van der Waals surface area contributed by atoms with Gasteiger partial charge in [0.05, 0.1) is 30.4 Å². The van der Waals surface area contributed by atoms with Gasteiger partial charge in [0.25, 0.3) is 0 Å². The van der Waals surface area contributed by atoms with Crippen LogP contribution in [-0.4, -0.2) is 23.4 Å². The third kappa shape index (κ3) is 5.03. The first-order valence-corrected chi connectivity index (χ1v) is 10.5. The minimum atomic E-state index is -0.372. The third-order valence-electron chi connectivity index (χ3n) is 5.55. The van der Waals surface area contributed by atoms with Crippen LogP contribution in [0.5, 0.6) is 0 Å². The van der Waals surface area contributed by atoms with Crippen molar-refractivity contribution in [2.75, 3.05) is 6.61 Å². The van der Waals surface area contributed by atoms with E-state index in [0.717, 1.165) is 16.7 Å². The molecule has 0 fully saturated rings. The zero-order chi connectivity index (χ0) is 22.5. The van der Waals surface area contributed by atoms with Crippen molar-refractivity contribution in [1.82, 2.24) is 4.90 Å². The zero-order valence-electron chi connectivity index (χ0n) is 18.5. The van der Waals surface area contributed by atoms with Crippen molar-refractivity contribution >= 4 is 11.9 Å². The molecular weight excluding hydrogens is 388 g/mol. The lowest BCUT2D eigenvalue weighted by atomic mass is 9.81. The third-order valence-corrected chi connectivity index (χ3v) is 5.55. The zero-order valence-corrected chi connectivity index (χ0v) is 18.5. The van der Waals surface area contributed by atoms with E-state index < -0.39 is 0 Å². The minimum Gasteiger partial charge on any atom is -0.462 e. The molecule has 1 aliphatic heterocycles. The number of esters is 1. The number of carbonyl (C=O) groups excluding carboxylic acids is 2. The molecule has 0 spiro atoms. The highest BCUT2D eigenvalue weighted by atomic mass is 16.5. The standard InChI is InChI=1S/C26H28N2O3/c1-17(2)16-31-26(30)25-19(4)28(15-21-10-7-9-20(12-21)14-27)24(29)13-23(25)22-11-6-5-8-18(22)3/h5-12,17,23H,13,15-16H2,1-4H3. The number of hydrogen-bond donors (Lipinski definition) is 0. The summed E-state index contributed by atoms with van der Waals surface area (Å²) in [6, 6.07) is 17.2. The second kappa shape index (κ2) is 9.61. The monoisotopic (exact) mass is 416 g/mol. The molecule has 0 saturated heterocycles. The van der Waals surface area contributed by atoms with Gasteiger partial charge in [-0.15, -0.1) is 0 Å². The quantitative estimate of drug-likeness (QED) is 0.631. The maximum Gasteiger partial charge on any atom is 0.336 e. The molecule has 0 bridgehead atoms. The van der Waals surface area contributed by atoms with Gasteiger partial charge >= 0.3 is 5.97 Å². The lowest BCUT2D eigenvalue weighted by molar-refractivity contribution is -0.141. The summed E-state index contributed by atoms with van der Waals surface area (Å²) in [6.07, 6.45) is 0.201. The van der Waals surface area contributed by atoms with Crippen molar-refractivity contribution < 1.29 is 14.3 Å². The van der Waals surface area contributed by atoms with Gasteiger partial charge in [0.1, 0.15) is 0 Å². The number of ether oxygens (including phenoxy) is 1. The molecule has 0 radical (unpaired) electrons. The summed E-state index contributed by atoms with van der Waals surface area (Å²) in [5.41, 5.74) is 4.54. The van der Waals surface area contributed by atoms with Crippen LogP contribution in [0.4, 0.5) is 0 Å². The van der Waals surface area contributed by atoms with Gasteiger partial charge in [-0.05, 0) is 48.6 Å². The number of aryl methyl sites for hydroxylation is 1. The molecule has 0 N–H and O–H groups in total. The molecule has 0 aliphatic carbocycles. The SMILES string of the molecule is CC1=C(C(=O)OCC(C)C)C(c2ccccc2C)CC(=O)N1Cc1cccc(C#N)c1. The number of allylic oxidation sites excluding steroid dienone is 1. The van der Waals surface area contributed by atoms with Crippen LogP contribution in [0.3, 0.4) is 0 Å². The number of benzene rings is 2. The molecule has 5 heteroatoms. The molecule has 31 heavy (non-hydrogen) atoms. The second-order valence-electron chi connectivity index (χ2n) is 8.40. The molecule has 1 aliphatic rings. The minimum absolute atomic E-state index is 0.0477. The average Bonchev–Trinajstić information content (AvgIpc) is 2.75. The molecule has 0 saturated carbocycles. The van der Waals surface area contributed by atoms with Crippen LogP contribution in [0.25, 0.3) is 0 Å². The van der Waals surface area contributed by atoms with Gasteiger partial charge in [0, 0.05) is 18.0 Å². The number of rotatable bonds is 6. The summed E-state index contributed by atoms with van der Waals surface area (Å²) in [5.74, 6) is -0.539. The lowest BCUT2D eigenvalue weighted by Gasteiger charge is -2.35. The fourth-order valence-corrected chi connectivity index (χ4v) is 3.95. The Hall–Kier alpha value is -3.39. The molecule has 1 unspecified atom stereocenters. The highest BCUT2D eigenvalue weighted by Crippen LogP contribution is 2.39. The molecule has 5 nitrogen and oxygen atoms in total. The Morgan fingerprint density at radius 3 is 2.61 bits per heavy atom. The van der Waals surface area contributed by atoms with Gasteiger partial charge in [-0.3, -0.25) is 4.79 Å². The van der Waals surface area contributed by atoms with E-state index in [1.165, 1.54) is 0 Å². The molecule has 1 atom stereocenters. The van der Waals surface area contributed by atoms with Gasteiger partial charge in [0.15, 0.2) is 0 Å². The Balaban J connectivity index is 2.03. The first-order valence-electron chi connectivity index (χ1n) is 10.5. The Kier molecular flexibility index (Phi) is 6.91. The van der Waals surface area contributed by atoms with E-state index in [1.54, 1.807) is 23.1 Å². The first kappa shape index (κ1) is 22.3. The Morgan fingerprint density at radius 1 is 1.19 bits per heavy atom. The van der Waals surface area contributed by atoms with Crippen molar-refractivity contribution in [3.05, 3.63) is 82.1 Å². The number of nitrogens with zero attached hydrogens (tertiary/aromatic N) is 2. The summed E-state index contributed by atoms with van der Waals surface area (Å²) in [7, 11) is 0. The van der Waals surface area contributed by atoms with Crippen molar-refractivity contribution in [3.8, 4) is 6.07 Å². The van der Waals surface area contributed by atoms with E-state index in [1.807, 2.05) is 58.0 Å².